The molecule has 0 aromatic rings. The van der Waals surface area contributed by atoms with E-state index in [1.807, 2.05) is 0 Å². The summed E-state index contributed by atoms with van der Waals surface area (Å²) in [7, 11) is 0. The van der Waals surface area contributed by atoms with Gasteiger partial charge in [-0.25, -0.2) is 0 Å². The van der Waals surface area contributed by atoms with Crippen LogP contribution in [0.25, 0.3) is 0 Å². The average molecular weight is 279 g/mol. The van der Waals surface area contributed by atoms with E-state index in [4.69, 9.17) is 0 Å². The average Bonchev–Trinajstić information content (AvgIpc) is 2.89. The van der Waals surface area contributed by atoms with E-state index in [-0.39, 0.29) is 0 Å². The van der Waals surface area contributed by atoms with Gasteiger partial charge in [0, 0.05) is 25.7 Å². The lowest BCUT2D eigenvalue weighted by molar-refractivity contribution is -0.0401. The highest BCUT2D eigenvalue weighted by Crippen LogP contribution is 2.44. The quantitative estimate of drug-likeness (QED) is 0.807. The van der Waals surface area contributed by atoms with Crippen molar-refractivity contribution in [2.75, 3.05) is 39.3 Å². The molecule has 2 aliphatic heterocycles. The summed E-state index contributed by atoms with van der Waals surface area (Å²) in [6.45, 7) is 12.4. The minimum Gasteiger partial charge on any atom is -0.316 e. The summed E-state index contributed by atoms with van der Waals surface area (Å²) < 4.78 is 0. The van der Waals surface area contributed by atoms with Crippen LogP contribution in [0.2, 0.25) is 0 Å². The second-order valence-corrected chi connectivity index (χ2v) is 8.10. The number of rotatable bonds is 5. The van der Waals surface area contributed by atoms with E-state index < -0.39 is 0 Å². The fraction of sp³-hybridized carbons (Fsp3) is 1.00. The van der Waals surface area contributed by atoms with Crippen molar-refractivity contribution in [2.45, 2.75) is 52.0 Å². The molecule has 0 amide bonds. The molecular formula is C17H33N3. The molecule has 3 nitrogen and oxygen atoms in total. The van der Waals surface area contributed by atoms with Gasteiger partial charge in [-0.15, -0.1) is 0 Å². The Balaban J connectivity index is 1.34. The topological polar surface area (TPSA) is 27.3 Å². The molecule has 0 radical (unpaired) electrons. The molecule has 2 heterocycles. The summed E-state index contributed by atoms with van der Waals surface area (Å²) >= 11 is 0. The Labute approximate surface area is 124 Å². The molecule has 20 heavy (non-hydrogen) atoms. The molecule has 2 N–H and O–H groups in total. The fourth-order valence-corrected chi connectivity index (χ4v) is 4.42. The summed E-state index contributed by atoms with van der Waals surface area (Å²) in [5.74, 6) is 1.71. The van der Waals surface area contributed by atoms with Gasteiger partial charge >= 0.3 is 0 Å². The van der Waals surface area contributed by atoms with Crippen LogP contribution in [0.4, 0.5) is 0 Å². The minimum atomic E-state index is 0.710. The van der Waals surface area contributed by atoms with Crippen molar-refractivity contribution < 1.29 is 0 Å². The lowest BCUT2D eigenvalue weighted by Crippen LogP contribution is -2.59. The molecule has 1 saturated carbocycles. The first kappa shape index (κ1) is 14.8. The summed E-state index contributed by atoms with van der Waals surface area (Å²) in [5, 5.41) is 7.25. The molecule has 1 aliphatic carbocycles. The maximum absolute atomic E-state index is 3.76. The SMILES string of the molecule is CC(C)CNC1CCC2(CC1)CN(C[C@@H]1CCNC1)C2. The standard InChI is InChI=1S/C17H33N3/c1-14(2)9-19-16-3-6-17(7-4-16)12-20(13-17)11-15-5-8-18-10-15/h14-16,18-19H,3-13H2,1-2H3/t15-/m1/s1. The molecule has 3 rings (SSSR count). The van der Waals surface area contributed by atoms with Crippen molar-refractivity contribution >= 4 is 0 Å². The van der Waals surface area contributed by atoms with E-state index in [2.05, 4.69) is 29.4 Å². The number of nitrogens with one attached hydrogen (secondary N) is 2. The van der Waals surface area contributed by atoms with Crippen LogP contribution < -0.4 is 10.6 Å². The van der Waals surface area contributed by atoms with Crippen molar-refractivity contribution in [1.29, 1.82) is 0 Å². The summed E-state index contributed by atoms with van der Waals surface area (Å²) in [6.07, 6.45) is 7.13. The molecule has 3 heteroatoms. The minimum absolute atomic E-state index is 0.710. The second-order valence-electron chi connectivity index (χ2n) is 8.10. The molecule has 3 fully saturated rings. The highest BCUT2D eigenvalue weighted by molar-refractivity contribution is 4.99. The van der Waals surface area contributed by atoms with Crippen LogP contribution in [-0.4, -0.2) is 50.2 Å². The van der Waals surface area contributed by atoms with Crippen molar-refractivity contribution in [3.8, 4) is 0 Å². The zero-order valence-corrected chi connectivity index (χ0v) is 13.5. The van der Waals surface area contributed by atoms with Crippen LogP contribution in [0.1, 0.15) is 46.0 Å². The maximum atomic E-state index is 3.76. The van der Waals surface area contributed by atoms with E-state index in [9.17, 15) is 0 Å². The lowest BCUT2D eigenvalue weighted by atomic mass is 9.67. The van der Waals surface area contributed by atoms with Gasteiger partial charge in [-0.1, -0.05) is 13.8 Å². The number of likely N-dealkylation sites (tertiary alicyclic amines) is 1. The smallest absolute Gasteiger partial charge is 0.00676 e. The Morgan fingerprint density at radius 1 is 1.20 bits per heavy atom. The van der Waals surface area contributed by atoms with Gasteiger partial charge in [0.1, 0.15) is 0 Å². The van der Waals surface area contributed by atoms with Crippen LogP contribution in [0.15, 0.2) is 0 Å². The molecule has 1 atom stereocenters. The first-order valence-corrected chi connectivity index (χ1v) is 8.82. The van der Waals surface area contributed by atoms with E-state index in [0.29, 0.717) is 5.41 Å². The Hall–Kier alpha value is -0.120. The number of nitrogens with zero attached hydrogens (tertiary/aromatic N) is 1. The predicted molar refractivity (Wildman–Crippen MR) is 84.9 cm³/mol. The van der Waals surface area contributed by atoms with E-state index >= 15 is 0 Å². The molecule has 116 valence electrons. The van der Waals surface area contributed by atoms with Crippen molar-refractivity contribution in [3.63, 3.8) is 0 Å². The van der Waals surface area contributed by atoms with Gasteiger partial charge in [0.25, 0.3) is 0 Å². The van der Waals surface area contributed by atoms with Crippen molar-refractivity contribution in [3.05, 3.63) is 0 Å². The predicted octanol–water partition coefficient (Wildman–Crippen LogP) is 2.09. The van der Waals surface area contributed by atoms with E-state index in [1.165, 1.54) is 71.4 Å². The van der Waals surface area contributed by atoms with Crippen LogP contribution in [0.5, 0.6) is 0 Å². The number of hydrogen-bond acceptors (Lipinski definition) is 3. The molecular weight excluding hydrogens is 246 g/mol. The van der Waals surface area contributed by atoms with Gasteiger partial charge in [-0.3, -0.25) is 0 Å². The zero-order valence-electron chi connectivity index (χ0n) is 13.5. The molecule has 1 spiro atoms. The maximum Gasteiger partial charge on any atom is 0.00676 e. The van der Waals surface area contributed by atoms with Gasteiger partial charge < -0.3 is 15.5 Å². The Morgan fingerprint density at radius 2 is 1.95 bits per heavy atom. The van der Waals surface area contributed by atoms with Crippen LogP contribution in [0.3, 0.4) is 0 Å². The first-order valence-electron chi connectivity index (χ1n) is 8.82. The Bertz CT molecular complexity index is 293. The largest absolute Gasteiger partial charge is 0.316 e. The highest BCUT2D eigenvalue weighted by Gasteiger charge is 2.45. The van der Waals surface area contributed by atoms with Crippen molar-refractivity contribution in [2.24, 2.45) is 17.3 Å². The van der Waals surface area contributed by atoms with Crippen LogP contribution >= 0.6 is 0 Å². The van der Waals surface area contributed by atoms with Crippen LogP contribution in [0, 0.1) is 17.3 Å². The summed E-state index contributed by atoms with van der Waals surface area (Å²) in [5.41, 5.74) is 0.710. The van der Waals surface area contributed by atoms with Gasteiger partial charge in [-0.2, -0.15) is 0 Å². The summed E-state index contributed by atoms with van der Waals surface area (Å²) in [6, 6.07) is 0.802. The molecule has 0 unspecified atom stereocenters. The third-order valence-electron chi connectivity index (χ3n) is 5.66. The van der Waals surface area contributed by atoms with E-state index in [0.717, 1.165) is 17.9 Å². The highest BCUT2D eigenvalue weighted by atomic mass is 15.2. The second kappa shape index (κ2) is 6.33. The van der Waals surface area contributed by atoms with Crippen molar-refractivity contribution in [1.82, 2.24) is 15.5 Å². The molecule has 2 saturated heterocycles. The number of hydrogen-bond donors (Lipinski definition) is 2. The summed E-state index contributed by atoms with van der Waals surface area (Å²) in [4.78, 5) is 2.72. The monoisotopic (exact) mass is 279 g/mol. The van der Waals surface area contributed by atoms with E-state index in [1.54, 1.807) is 0 Å². The van der Waals surface area contributed by atoms with Crippen LogP contribution in [-0.2, 0) is 0 Å². The lowest BCUT2D eigenvalue weighted by Gasteiger charge is -2.54. The van der Waals surface area contributed by atoms with Gasteiger partial charge in [0.05, 0.1) is 0 Å². The molecule has 3 aliphatic rings. The van der Waals surface area contributed by atoms with Gasteiger partial charge in [0.2, 0.25) is 0 Å². The van der Waals surface area contributed by atoms with Gasteiger partial charge in [-0.05, 0) is 69.0 Å². The zero-order chi connectivity index (χ0) is 14.0. The molecule has 0 aromatic carbocycles. The fourth-order valence-electron chi connectivity index (χ4n) is 4.42. The Kier molecular flexibility index (Phi) is 4.68. The normalized spacial score (nSPS) is 31.1. The molecule has 0 bridgehead atoms. The Morgan fingerprint density at radius 3 is 2.55 bits per heavy atom. The van der Waals surface area contributed by atoms with Gasteiger partial charge in [0.15, 0.2) is 0 Å². The molecule has 0 aromatic heterocycles. The first-order chi connectivity index (χ1) is 9.65. The third kappa shape index (κ3) is 3.55. The third-order valence-corrected chi connectivity index (χ3v) is 5.66.